The maximum atomic E-state index is 12.4. The van der Waals surface area contributed by atoms with Gasteiger partial charge in [0.1, 0.15) is 0 Å². The molecule has 2 aliphatic heterocycles. The Morgan fingerprint density at radius 2 is 1.85 bits per heavy atom. The van der Waals surface area contributed by atoms with Crippen LogP contribution in [0.25, 0.3) is 0 Å². The van der Waals surface area contributed by atoms with Gasteiger partial charge in [0.25, 0.3) is 0 Å². The summed E-state index contributed by atoms with van der Waals surface area (Å²) in [5.74, 6) is 1.17. The summed E-state index contributed by atoms with van der Waals surface area (Å²) in [4.78, 5) is 14.3. The molecule has 2 fully saturated rings. The van der Waals surface area contributed by atoms with E-state index in [1.54, 1.807) is 14.2 Å². The SMILES string of the molecule is COc1ccc(CNCCC(=O)N2CCC3(CC2)OCCO3)cc1OC. The van der Waals surface area contributed by atoms with Crippen molar-refractivity contribution in [2.24, 2.45) is 0 Å². The second kappa shape index (κ2) is 8.70. The van der Waals surface area contributed by atoms with Crippen LogP contribution in [-0.2, 0) is 20.8 Å². The standard InChI is InChI=1S/C19H28N2O5/c1-23-16-4-3-15(13-17(16)24-2)14-20-8-5-18(22)21-9-6-19(7-10-21)25-11-12-26-19/h3-4,13,20H,5-12,14H2,1-2H3. The molecule has 0 unspecified atom stereocenters. The Bertz CT molecular complexity index is 606. The van der Waals surface area contributed by atoms with Crippen molar-refractivity contribution in [2.45, 2.75) is 31.6 Å². The van der Waals surface area contributed by atoms with Crippen molar-refractivity contribution in [1.82, 2.24) is 10.2 Å². The Hall–Kier alpha value is -1.83. The molecule has 1 amide bonds. The Morgan fingerprint density at radius 1 is 1.15 bits per heavy atom. The molecule has 7 heteroatoms. The number of benzene rings is 1. The predicted molar refractivity (Wildman–Crippen MR) is 96.3 cm³/mol. The lowest BCUT2D eigenvalue weighted by Gasteiger charge is -2.37. The first-order chi connectivity index (χ1) is 12.7. The Balaban J connectivity index is 1.38. The largest absolute Gasteiger partial charge is 0.493 e. The van der Waals surface area contributed by atoms with E-state index in [4.69, 9.17) is 18.9 Å². The van der Waals surface area contributed by atoms with Crippen LogP contribution in [-0.4, -0.2) is 63.7 Å². The summed E-state index contributed by atoms with van der Waals surface area (Å²) in [6.07, 6.45) is 2.01. The number of rotatable bonds is 7. The molecule has 0 saturated carbocycles. The van der Waals surface area contributed by atoms with E-state index >= 15 is 0 Å². The first-order valence-corrected chi connectivity index (χ1v) is 9.13. The maximum Gasteiger partial charge on any atom is 0.223 e. The van der Waals surface area contributed by atoms with Crippen LogP contribution in [0.15, 0.2) is 18.2 Å². The van der Waals surface area contributed by atoms with Crippen LogP contribution in [0.4, 0.5) is 0 Å². The summed E-state index contributed by atoms with van der Waals surface area (Å²) in [7, 11) is 3.24. The van der Waals surface area contributed by atoms with E-state index in [0.717, 1.165) is 18.4 Å². The number of carbonyl (C=O) groups is 1. The fourth-order valence-corrected chi connectivity index (χ4v) is 3.46. The smallest absolute Gasteiger partial charge is 0.223 e. The zero-order valence-corrected chi connectivity index (χ0v) is 15.6. The third-order valence-corrected chi connectivity index (χ3v) is 4.98. The van der Waals surface area contributed by atoms with Crippen LogP contribution in [0.3, 0.4) is 0 Å². The average molecular weight is 364 g/mol. The van der Waals surface area contributed by atoms with Crippen molar-refractivity contribution in [2.75, 3.05) is 47.1 Å². The van der Waals surface area contributed by atoms with Gasteiger partial charge in [0.05, 0.1) is 27.4 Å². The third-order valence-electron chi connectivity index (χ3n) is 4.98. The zero-order chi connectivity index (χ0) is 18.4. The molecule has 2 heterocycles. The van der Waals surface area contributed by atoms with Gasteiger partial charge >= 0.3 is 0 Å². The van der Waals surface area contributed by atoms with Gasteiger partial charge in [-0.3, -0.25) is 4.79 Å². The lowest BCUT2D eigenvalue weighted by atomic mass is 10.0. The number of hydrogen-bond donors (Lipinski definition) is 1. The minimum atomic E-state index is -0.428. The second-order valence-corrected chi connectivity index (χ2v) is 6.60. The van der Waals surface area contributed by atoms with Gasteiger partial charge in [-0.15, -0.1) is 0 Å². The predicted octanol–water partition coefficient (Wildman–Crippen LogP) is 1.55. The second-order valence-electron chi connectivity index (χ2n) is 6.60. The van der Waals surface area contributed by atoms with Crippen molar-refractivity contribution in [3.63, 3.8) is 0 Å². The highest BCUT2D eigenvalue weighted by molar-refractivity contribution is 5.76. The van der Waals surface area contributed by atoms with Gasteiger partial charge in [0.15, 0.2) is 17.3 Å². The normalized spacial score (nSPS) is 18.9. The monoisotopic (exact) mass is 364 g/mol. The quantitative estimate of drug-likeness (QED) is 0.741. The third kappa shape index (κ3) is 4.47. The molecule has 0 aromatic heterocycles. The van der Waals surface area contributed by atoms with Gasteiger partial charge in [0, 0.05) is 45.4 Å². The lowest BCUT2D eigenvalue weighted by molar-refractivity contribution is -0.187. The molecule has 0 radical (unpaired) electrons. The van der Waals surface area contributed by atoms with Crippen LogP contribution in [0.2, 0.25) is 0 Å². The molecule has 26 heavy (non-hydrogen) atoms. The number of carbonyl (C=O) groups excluding carboxylic acids is 1. The van der Waals surface area contributed by atoms with Crippen LogP contribution in [0.1, 0.15) is 24.8 Å². The first kappa shape index (κ1) is 18.9. The van der Waals surface area contributed by atoms with Crippen molar-refractivity contribution >= 4 is 5.91 Å². The van der Waals surface area contributed by atoms with E-state index in [-0.39, 0.29) is 5.91 Å². The molecule has 1 spiro atoms. The van der Waals surface area contributed by atoms with Gasteiger partial charge in [-0.2, -0.15) is 0 Å². The van der Waals surface area contributed by atoms with Gasteiger partial charge < -0.3 is 29.2 Å². The Labute approximate surface area is 154 Å². The van der Waals surface area contributed by atoms with E-state index in [1.165, 1.54) is 0 Å². The first-order valence-electron chi connectivity index (χ1n) is 9.13. The molecule has 1 aromatic rings. The van der Waals surface area contributed by atoms with E-state index in [1.807, 2.05) is 23.1 Å². The van der Waals surface area contributed by atoms with Crippen LogP contribution < -0.4 is 14.8 Å². The van der Waals surface area contributed by atoms with Gasteiger partial charge in [-0.05, 0) is 17.7 Å². The van der Waals surface area contributed by atoms with E-state index in [9.17, 15) is 4.79 Å². The minimum absolute atomic E-state index is 0.178. The molecule has 1 N–H and O–H groups in total. The van der Waals surface area contributed by atoms with Crippen LogP contribution in [0.5, 0.6) is 11.5 Å². The molecule has 0 atom stereocenters. The number of likely N-dealkylation sites (tertiary alicyclic amines) is 1. The fourth-order valence-electron chi connectivity index (χ4n) is 3.46. The van der Waals surface area contributed by atoms with Crippen LogP contribution in [0, 0.1) is 0 Å². The average Bonchev–Trinajstić information content (AvgIpc) is 3.13. The summed E-state index contributed by atoms with van der Waals surface area (Å²) >= 11 is 0. The summed E-state index contributed by atoms with van der Waals surface area (Å²) in [5, 5.41) is 3.32. The van der Waals surface area contributed by atoms with Crippen molar-refractivity contribution in [3.8, 4) is 11.5 Å². The molecule has 2 aliphatic rings. The van der Waals surface area contributed by atoms with Crippen molar-refractivity contribution in [3.05, 3.63) is 23.8 Å². The molecule has 2 saturated heterocycles. The molecule has 0 bridgehead atoms. The maximum absolute atomic E-state index is 12.4. The summed E-state index contributed by atoms with van der Waals surface area (Å²) in [6.45, 7) is 4.05. The molecule has 3 rings (SSSR count). The molecular weight excluding hydrogens is 336 g/mol. The van der Waals surface area contributed by atoms with E-state index in [2.05, 4.69) is 5.32 Å². The molecule has 144 valence electrons. The number of hydrogen-bond acceptors (Lipinski definition) is 6. The topological polar surface area (TPSA) is 69.3 Å². The minimum Gasteiger partial charge on any atom is -0.493 e. The van der Waals surface area contributed by atoms with Crippen molar-refractivity contribution in [1.29, 1.82) is 0 Å². The van der Waals surface area contributed by atoms with Crippen molar-refractivity contribution < 1.29 is 23.7 Å². The summed E-state index contributed by atoms with van der Waals surface area (Å²) < 4.78 is 21.9. The molecule has 0 aliphatic carbocycles. The highest BCUT2D eigenvalue weighted by atomic mass is 16.7. The summed E-state index contributed by atoms with van der Waals surface area (Å²) in [5.41, 5.74) is 1.09. The van der Waals surface area contributed by atoms with Gasteiger partial charge in [-0.1, -0.05) is 6.07 Å². The molecular formula is C19H28N2O5. The number of nitrogens with zero attached hydrogens (tertiary/aromatic N) is 1. The Morgan fingerprint density at radius 3 is 2.50 bits per heavy atom. The number of piperidine rings is 1. The lowest BCUT2D eigenvalue weighted by Crippen LogP contribution is -2.47. The number of ether oxygens (including phenoxy) is 4. The molecule has 7 nitrogen and oxygen atoms in total. The highest BCUT2D eigenvalue weighted by Crippen LogP contribution is 2.31. The van der Waals surface area contributed by atoms with E-state index in [0.29, 0.717) is 57.3 Å². The number of methoxy groups -OCH3 is 2. The fraction of sp³-hybridized carbons (Fsp3) is 0.632. The zero-order valence-electron chi connectivity index (χ0n) is 15.6. The highest BCUT2D eigenvalue weighted by Gasteiger charge is 2.40. The number of nitrogens with one attached hydrogen (secondary N) is 1. The Kier molecular flexibility index (Phi) is 6.34. The number of amides is 1. The van der Waals surface area contributed by atoms with Gasteiger partial charge in [0.2, 0.25) is 5.91 Å². The summed E-state index contributed by atoms with van der Waals surface area (Å²) in [6, 6.07) is 5.82. The van der Waals surface area contributed by atoms with E-state index < -0.39 is 5.79 Å². The molecule has 1 aromatic carbocycles. The van der Waals surface area contributed by atoms with Gasteiger partial charge in [-0.25, -0.2) is 0 Å². The van der Waals surface area contributed by atoms with Crippen LogP contribution >= 0.6 is 0 Å².